The van der Waals surface area contributed by atoms with Crippen molar-refractivity contribution in [1.82, 2.24) is 5.32 Å². The number of nitriles is 1. The predicted octanol–water partition coefficient (Wildman–Crippen LogP) is 3.98. The summed E-state index contributed by atoms with van der Waals surface area (Å²) in [4.78, 5) is 0. The van der Waals surface area contributed by atoms with Crippen molar-refractivity contribution in [3.63, 3.8) is 0 Å². The smallest absolute Gasteiger partial charge is 0.126 e. The van der Waals surface area contributed by atoms with Crippen molar-refractivity contribution in [2.45, 2.75) is 32.4 Å². The second-order valence-electron chi connectivity index (χ2n) is 5.32. The molecule has 0 bridgehead atoms. The van der Waals surface area contributed by atoms with Gasteiger partial charge in [-0.15, -0.1) is 0 Å². The molecule has 108 valence electrons. The van der Waals surface area contributed by atoms with Gasteiger partial charge in [-0.2, -0.15) is 5.26 Å². The summed E-state index contributed by atoms with van der Waals surface area (Å²) in [7, 11) is 0. The highest BCUT2D eigenvalue weighted by Gasteiger charge is 2.11. The molecular formula is C18H19FN2. The lowest BCUT2D eigenvalue weighted by molar-refractivity contribution is 0.469. The summed E-state index contributed by atoms with van der Waals surface area (Å²) in [6.45, 7) is 4.12. The first kappa shape index (κ1) is 15.2. The van der Waals surface area contributed by atoms with Crippen LogP contribution in [-0.4, -0.2) is 6.04 Å². The number of halogens is 1. The van der Waals surface area contributed by atoms with Crippen LogP contribution in [0, 0.1) is 17.1 Å². The summed E-state index contributed by atoms with van der Waals surface area (Å²) in [5, 5.41) is 12.3. The number of benzene rings is 2. The monoisotopic (exact) mass is 282 g/mol. The zero-order valence-corrected chi connectivity index (χ0v) is 12.3. The molecule has 1 N–H and O–H groups in total. The molecule has 0 spiro atoms. The lowest BCUT2D eigenvalue weighted by atomic mass is 10.0. The van der Waals surface area contributed by atoms with E-state index in [4.69, 9.17) is 5.26 Å². The van der Waals surface area contributed by atoms with E-state index in [0.29, 0.717) is 12.0 Å². The Morgan fingerprint density at radius 3 is 2.38 bits per heavy atom. The van der Waals surface area contributed by atoms with Crippen LogP contribution >= 0.6 is 0 Å². The molecule has 0 heterocycles. The van der Waals surface area contributed by atoms with E-state index in [1.807, 2.05) is 43.3 Å². The van der Waals surface area contributed by atoms with Gasteiger partial charge in [-0.05, 0) is 49.6 Å². The SMILES string of the molecule is CC(Cc1ccccc1F)NC(C)c1ccc(C#N)cc1. The topological polar surface area (TPSA) is 35.8 Å². The summed E-state index contributed by atoms with van der Waals surface area (Å²) in [5.41, 5.74) is 2.50. The second kappa shape index (κ2) is 7.01. The molecule has 0 aromatic heterocycles. The van der Waals surface area contributed by atoms with Gasteiger partial charge in [-0.3, -0.25) is 0 Å². The Balaban J connectivity index is 1.97. The third-order valence-corrected chi connectivity index (χ3v) is 3.56. The van der Waals surface area contributed by atoms with Crippen LogP contribution in [0.25, 0.3) is 0 Å². The van der Waals surface area contributed by atoms with E-state index in [0.717, 1.165) is 11.1 Å². The molecule has 2 rings (SSSR count). The summed E-state index contributed by atoms with van der Waals surface area (Å²) >= 11 is 0. The van der Waals surface area contributed by atoms with Gasteiger partial charge in [0, 0.05) is 12.1 Å². The minimum Gasteiger partial charge on any atom is -0.307 e. The van der Waals surface area contributed by atoms with Crippen molar-refractivity contribution >= 4 is 0 Å². The maximum absolute atomic E-state index is 13.6. The zero-order chi connectivity index (χ0) is 15.2. The fraction of sp³-hybridized carbons (Fsp3) is 0.278. The Morgan fingerprint density at radius 2 is 1.76 bits per heavy atom. The molecule has 0 amide bonds. The normalized spacial score (nSPS) is 13.4. The van der Waals surface area contributed by atoms with Crippen LogP contribution in [0.2, 0.25) is 0 Å². The molecule has 2 unspecified atom stereocenters. The molecule has 2 aromatic rings. The average Bonchev–Trinajstić information content (AvgIpc) is 2.49. The fourth-order valence-electron chi connectivity index (χ4n) is 2.42. The molecule has 0 aliphatic carbocycles. The van der Waals surface area contributed by atoms with Crippen molar-refractivity contribution in [3.8, 4) is 6.07 Å². The molecule has 0 fully saturated rings. The number of hydrogen-bond donors (Lipinski definition) is 1. The number of nitrogens with one attached hydrogen (secondary N) is 1. The Hall–Kier alpha value is -2.18. The van der Waals surface area contributed by atoms with E-state index in [-0.39, 0.29) is 17.9 Å². The van der Waals surface area contributed by atoms with Crippen LogP contribution < -0.4 is 5.32 Å². The Morgan fingerprint density at radius 1 is 1.10 bits per heavy atom. The summed E-state index contributed by atoms with van der Waals surface area (Å²) in [6.07, 6.45) is 0.646. The first-order chi connectivity index (χ1) is 10.1. The highest BCUT2D eigenvalue weighted by Crippen LogP contribution is 2.16. The summed E-state index contributed by atoms with van der Waals surface area (Å²) < 4.78 is 13.6. The van der Waals surface area contributed by atoms with Crippen molar-refractivity contribution < 1.29 is 4.39 Å². The third-order valence-electron chi connectivity index (χ3n) is 3.56. The predicted molar refractivity (Wildman–Crippen MR) is 82.3 cm³/mol. The maximum atomic E-state index is 13.6. The van der Waals surface area contributed by atoms with Gasteiger partial charge in [-0.1, -0.05) is 30.3 Å². The van der Waals surface area contributed by atoms with Gasteiger partial charge < -0.3 is 5.32 Å². The fourth-order valence-corrected chi connectivity index (χ4v) is 2.42. The Bertz CT molecular complexity index is 628. The van der Waals surface area contributed by atoms with Crippen LogP contribution in [0.3, 0.4) is 0 Å². The molecule has 0 saturated carbocycles. The lowest BCUT2D eigenvalue weighted by Gasteiger charge is -2.20. The van der Waals surface area contributed by atoms with Crippen LogP contribution in [-0.2, 0) is 6.42 Å². The molecule has 0 aliphatic rings. The summed E-state index contributed by atoms with van der Waals surface area (Å²) in [6, 6.07) is 16.8. The van der Waals surface area contributed by atoms with Gasteiger partial charge in [0.05, 0.1) is 11.6 Å². The van der Waals surface area contributed by atoms with E-state index in [1.165, 1.54) is 6.07 Å². The van der Waals surface area contributed by atoms with Crippen LogP contribution in [0.1, 0.15) is 36.6 Å². The van der Waals surface area contributed by atoms with Gasteiger partial charge >= 0.3 is 0 Å². The molecule has 0 aliphatic heterocycles. The zero-order valence-electron chi connectivity index (χ0n) is 12.3. The van der Waals surface area contributed by atoms with E-state index >= 15 is 0 Å². The third kappa shape index (κ3) is 4.14. The van der Waals surface area contributed by atoms with Gasteiger partial charge in [-0.25, -0.2) is 4.39 Å². The number of rotatable bonds is 5. The van der Waals surface area contributed by atoms with E-state index in [9.17, 15) is 4.39 Å². The average molecular weight is 282 g/mol. The standard InChI is InChI=1S/C18H19FN2/c1-13(11-17-5-3-4-6-18(17)19)21-14(2)16-9-7-15(12-20)8-10-16/h3-10,13-14,21H,11H2,1-2H3. The minimum absolute atomic E-state index is 0.152. The summed E-state index contributed by atoms with van der Waals surface area (Å²) in [5.74, 6) is -0.155. The van der Waals surface area contributed by atoms with Gasteiger partial charge in [0.25, 0.3) is 0 Å². The first-order valence-corrected chi connectivity index (χ1v) is 7.09. The number of hydrogen-bond acceptors (Lipinski definition) is 2. The van der Waals surface area contributed by atoms with Gasteiger partial charge in [0.2, 0.25) is 0 Å². The second-order valence-corrected chi connectivity index (χ2v) is 5.32. The van der Waals surface area contributed by atoms with Crippen molar-refractivity contribution in [1.29, 1.82) is 5.26 Å². The molecule has 2 aromatic carbocycles. The Labute approximate surface area is 125 Å². The first-order valence-electron chi connectivity index (χ1n) is 7.09. The number of nitrogens with zero attached hydrogens (tertiary/aromatic N) is 1. The molecule has 21 heavy (non-hydrogen) atoms. The van der Waals surface area contributed by atoms with Crippen LogP contribution in [0.15, 0.2) is 48.5 Å². The van der Waals surface area contributed by atoms with Crippen molar-refractivity contribution in [2.75, 3.05) is 0 Å². The minimum atomic E-state index is -0.155. The van der Waals surface area contributed by atoms with Crippen molar-refractivity contribution in [2.24, 2.45) is 0 Å². The van der Waals surface area contributed by atoms with Gasteiger partial charge in [0.15, 0.2) is 0 Å². The lowest BCUT2D eigenvalue weighted by Crippen LogP contribution is -2.31. The molecule has 2 atom stereocenters. The molecule has 3 heteroatoms. The van der Waals surface area contributed by atoms with Crippen molar-refractivity contribution in [3.05, 3.63) is 71.0 Å². The van der Waals surface area contributed by atoms with E-state index in [2.05, 4.69) is 18.3 Å². The van der Waals surface area contributed by atoms with Gasteiger partial charge in [0.1, 0.15) is 5.82 Å². The van der Waals surface area contributed by atoms with E-state index < -0.39 is 0 Å². The molecular weight excluding hydrogens is 263 g/mol. The largest absolute Gasteiger partial charge is 0.307 e. The molecule has 2 nitrogen and oxygen atoms in total. The maximum Gasteiger partial charge on any atom is 0.126 e. The van der Waals surface area contributed by atoms with Crippen LogP contribution in [0.5, 0.6) is 0 Å². The highest BCUT2D eigenvalue weighted by molar-refractivity contribution is 5.32. The molecule has 0 saturated heterocycles. The van der Waals surface area contributed by atoms with E-state index in [1.54, 1.807) is 6.07 Å². The molecule has 0 radical (unpaired) electrons. The quantitative estimate of drug-likeness (QED) is 0.900. The Kier molecular flexibility index (Phi) is 5.08. The highest BCUT2D eigenvalue weighted by atomic mass is 19.1. The van der Waals surface area contributed by atoms with Crippen LogP contribution in [0.4, 0.5) is 4.39 Å².